The van der Waals surface area contributed by atoms with E-state index in [0.29, 0.717) is 0 Å². The van der Waals surface area contributed by atoms with Crippen LogP contribution in [-0.2, 0) is 6.42 Å². The van der Waals surface area contributed by atoms with E-state index < -0.39 is 0 Å². The molecule has 0 aromatic carbocycles. The molecule has 1 unspecified atom stereocenters. The van der Waals surface area contributed by atoms with Gasteiger partial charge in [0.2, 0.25) is 0 Å². The Bertz CT molecular complexity index is 342. The van der Waals surface area contributed by atoms with Crippen molar-refractivity contribution < 1.29 is 0 Å². The zero-order valence-corrected chi connectivity index (χ0v) is 10.0. The molecule has 16 heavy (non-hydrogen) atoms. The van der Waals surface area contributed by atoms with Crippen molar-refractivity contribution in [2.45, 2.75) is 26.2 Å². The fraction of sp³-hybridized carbons (Fsp3) is 0.538. The van der Waals surface area contributed by atoms with Gasteiger partial charge in [-0.2, -0.15) is 5.26 Å². The van der Waals surface area contributed by atoms with Gasteiger partial charge >= 0.3 is 0 Å². The van der Waals surface area contributed by atoms with E-state index in [-0.39, 0.29) is 5.41 Å². The summed E-state index contributed by atoms with van der Waals surface area (Å²) in [6, 6.07) is 6.44. The van der Waals surface area contributed by atoms with Crippen LogP contribution in [0, 0.1) is 16.7 Å². The number of nitrogens with one attached hydrogen (secondary N) is 1. The van der Waals surface area contributed by atoms with Gasteiger partial charge in [-0.15, -0.1) is 0 Å². The third kappa shape index (κ3) is 3.32. The number of aromatic nitrogens is 1. The molecule has 0 saturated heterocycles. The fourth-order valence-electron chi connectivity index (χ4n) is 1.82. The molecule has 0 bridgehead atoms. The summed E-state index contributed by atoms with van der Waals surface area (Å²) in [5, 5.41) is 12.5. The highest BCUT2D eigenvalue weighted by atomic mass is 14.8. The molecule has 0 aliphatic rings. The average Bonchev–Trinajstić information content (AvgIpc) is 2.36. The summed E-state index contributed by atoms with van der Waals surface area (Å²) in [6.07, 6.45) is 6.15. The smallest absolute Gasteiger partial charge is 0.0693 e. The first-order chi connectivity index (χ1) is 7.76. The number of nitrogens with zero attached hydrogens (tertiary/aromatic N) is 2. The van der Waals surface area contributed by atoms with Crippen LogP contribution in [0.3, 0.4) is 0 Å². The Balaban J connectivity index is 2.75. The maximum absolute atomic E-state index is 9.37. The van der Waals surface area contributed by atoms with Gasteiger partial charge in [-0.05, 0) is 44.5 Å². The van der Waals surface area contributed by atoms with E-state index in [1.165, 1.54) is 0 Å². The van der Waals surface area contributed by atoms with Crippen molar-refractivity contribution in [2.75, 3.05) is 13.6 Å². The largest absolute Gasteiger partial charge is 0.320 e. The second-order valence-electron chi connectivity index (χ2n) is 4.14. The molecule has 3 heteroatoms. The normalized spacial score (nSPS) is 14.1. The number of hydrogen-bond donors (Lipinski definition) is 1. The van der Waals surface area contributed by atoms with Crippen molar-refractivity contribution in [2.24, 2.45) is 5.41 Å². The Morgan fingerprint density at radius 2 is 2.38 bits per heavy atom. The van der Waals surface area contributed by atoms with Gasteiger partial charge < -0.3 is 5.32 Å². The summed E-state index contributed by atoms with van der Waals surface area (Å²) in [5.41, 5.74) is 0.883. The highest BCUT2D eigenvalue weighted by Gasteiger charge is 2.27. The topological polar surface area (TPSA) is 48.7 Å². The molecule has 0 radical (unpaired) electrons. The SMILES string of the molecule is CCC(C#N)(CCNC)Cc1cccnc1. The molecule has 0 saturated carbocycles. The minimum absolute atomic E-state index is 0.258. The van der Waals surface area contributed by atoms with Crippen molar-refractivity contribution >= 4 is 0 Å². The van der Waals surface area contributed by atoms with Gasteiger partial charge in [0.1, 0.15) is 0 Å². The first-order valence-electron chi connectivity index (χ1n) is 5.71. The van der Waals surface area contributed by atoms with Crippen molar-refractivity contribution in [1.82, 2.24) is 10.3 Å². The van der Waals surface area contributed by atoms with E-state index in [0.717, 1.165) is 31.4 Å². The number of hydrogen-bond acceptors (Lipinski definition) is 3. The summed E-state index contributed by atoms with van der Waals surface area (Å²) in [6.45, 7) is 2.96. The number of rotatable bonds is 6. The highest BCUT2D eigenvalue weighted by molar-refractivity contribution is 5.15. The third-order valence-electron chi connectivity index (χ3n) is 3.03. The summed E-state index contributed by atoms with van der Waals surface area (Å²) in [4.78, 5) is 4.09. The van der Waals surface area contributed by atoms with E-state index in [1.54, 1.807) is 6.20 Å². The molecule has 0 aliphatic carbocycles. The summed E-state index contributed by atoms with van der Waals surface area (Å²) in [5.74, 6) is 0. The number of pyridine rings is 1. The molecule has 1 atom stereocenters. The molecule has 0 spiro atoms. The predicted molar refractivity (Wildman–Crippen MR) is 64.8 cm³/mol. The van der Waals surface area contributed by atoms with Crippen LogP contribution in [0.4, 0.5) is 0 Å². The molecule has 1 rings (SSSR count). The molecule has 86 valence electrons. The van der Waals surface area contributed by atoms with Crippen LogP contribution in [0.5, 0.6) is 0 Å². The molecule has 1 aromatic rings. The first-order valence-corrected chi connectivity index (χ1v) is 5.71. The molecular weight excluding hydrogens is 198 g/mol. The van der Waals surface area contributed by atoms with Crippen molar-refractivity contribution in [3.05, 3.63) is 30.1 Å². The van der Waals surface area contributed by atoms with Crippen LogP contribution < -0.4 is 5.32 Å². The van der Waals surface area contributed by atoms with Gasteiger partial charge in [0.25, 0.3) is 0 Å². The summed E-state index contributed by atoms with van der Waals surface area (Å²) in [7, 11) is 1.92. The van der Waals surface area contributed by atoms with Crippen LogP contribution in [0.2, 0.25) is 0 Å². The molecule has 3 nitrogen and oxygen atoms in total. The quantitative estimate of drug-likeness (QED) is 0.794. The van der Waals surface area contributed by atoms with Crippen molar-refractivity contribution in [1.29, 1.82) is 5.26 Å². The van der Waals surface area contributed by atoms with E-state index >= 15 is 0 Å². The average molecular weight is 217 g/mol. The van der Waals surface area contributed by atoms with Gasteiger partial charge in [0.05, 0.1) is 11.5 Å². The molecule has 1 N–H and O–H groups in total. The lowest BCUT2D eigenvalue weighted by Crippen LogP contribution is -2.26. The molecule has 0 fully saturated rings. The van der Waals surface area contributed by atoms with E-state index in [1.807, 2.05) is 25.4 Å². The van der Waals surface area contributed by atoms with E-state index in [4.69, 9.17) is 0 Å². The van der Waals surface area contributed by atoms with Crippen LogP contribution in [-0.4, -0.2) is 18.6 Å². The Hall–Kier alpha value is -1.40. The fourth-order valence-corrected chi connectivity index (χ4v) is 1.82. The summed E-state index contributed by atoms with van der Waals surface area (Å²) >= 11 is 0. The summed E-state index contributed by atoms with van der Waals surface area (Å²) < 4.78 is 0. The van der Waals surface area contributed by atoms with Gasteiger partial charge in [-0.3, -0.25) is 4.98 Å². The van der Waals surface area contributed by atoms with Gasteiger partial charge in [-0.25, -0.2) is 0 Å². The lowest BCUT2D eigenvalue weighted by Gasteiger charge is -2.24. The molecule has 1 aromatic heterocycles. The minimum atomic E-state index is -0.258. The Morgan fingerprint density at radius 3 is 2.88 bits per heavy atom. The van der Waals surface area contributed by atoms with Crippen LogP contribution >= 0.6 is 0 Å². The van der Waals surface area contributed by atoms with Crippen molar-refractivity contribution in [3.8, 4) is 6.07 Å². The maximum Gasteiger partial charge on any atom is 0.0693 e. The minimum Gasteiger partial charge on any atom is -0.320 e. The van der Waals surface area contributed by atoms with Gasteiger partial charge in [0.15, 0.2) is 0 Å². The molecule has 1 heterocycles. The Morgan fingerprint density at radius 1 is 1.56 bits per heavy atom. The highest BCUT2D eigenvalue weighted by Crippen LogP contribution is 2.29. The zero-order valence-electron chi connectivity index (χ0n) is 10.0. The van der Waals surface area contributed by atoms with E-state index in [9.17, 15) is 5.26 Å². The Kier molecular flexibility index (Phi) is 4.94. The predicted octanol–water partition coefficient (Wildman–Crippen LogP) is 2.15. The van der Waals surface area contributed by atoms with E-state index in [2.05, 4.69) is 23.3 Å². The lowest BCUT2D eigenvalue weighted by molar-refractivity contribution is 0.343. The second kappa shape index (κ2) is 6.24. The lowest BCUT2D eigenvalue weighted by atomic mass is 9.78. The van der Waals surface area contributed by atoms with Crippen LogP contribution in [0.1, 0.15) is 25.3 Å². The zero-order chi connectivity index (χ0) is 11.9. The number of nitriles is 1. The maximum atomic E-state index is 9.37. The second-order valence-corrected chi connectivity index (χ2v) is 4.14. The Labute approximate surface area is 97.5 Å². The monoisotopic (exact) mass is 217 g/mol. The molecule has 0 amide bonds. The standard InChI is InChI=1S/C13H19N3/c1-3-13(11-14,6-8-15-2)9-12-5-4-7-16-10-12/h4-5,7,10,15H,3,6,8-9H2,1-2H3. The van der Waals surface area contributed by atoms with Gasteiger partial charge in [0, 0.05) is 12.4 Å². The molecule has 0 aliphatic heterocycles. The van der Waals surface area contributed by atoms with Gasteiger partial charge in [-0.1, -0.05) is 13.0 Å². The van der Waals surface area contributed by atoms with Crippen LogP contribution in [0.15, 0.2) is 24.5 Å². The van der Waals surface area contributed by atoms with Crippen LogP contribution in [0.25, 0.3) is 0 Å². The molecular formula is C13H19N3. The van der Waals surface area contributed by atoms with Crippen molar-refractivity contribution in [3.63, 3.8) is 0 Å². The third-order valence-corrected chi connectivity index (χ3v) is 3.03. The first kappa shape index (κ1) is 12.7.